The first kappa shape index (κ1) is 14.5. The van der Waals surface area contributed by atoms with Crippen molar-refractivity contribution in [2.75, 3.05) is 19.6 Å². The number of rotatable bonds is 4. The fraction of sp³-hybridized carbons (Fsp3) is 0.625. The highest BCUT2D eigenvalue weighted by Crippen LogP contribution is 2.23. The van der Waals surface area contributed by atoms with E-state index in [0.29, 0.717) is 6.04 Å². The molecule has 0 aromatic heterocycles. The van der Waals surface area contributed by atoms with Crippen molar-refractivity contribution >= 4 is 0 Å². The minimum absolute atomic E-state index is 0.281. The molecule has 1 radical (unpaired) electrons. The van der Waals surface area contributed by atoms with Crippen LogP contribution in [-0.2, 0) is 0 Å². The van der Waals surface area contributed by atoms with Crippen molar-refractivity contribution < 1.29 is 5.11 Å². The number of benzene rings is 1. The topological polar surface area (TPSA) is 37.6 Å². The molecule has 3 heteroatoms. The van der Waals surface area contributed by atoms with Crippen LogP contribution in [-0.4, -0.2) is 35.7 Å². The third kappa shape index (κ3) is 3.56. The molecule has 0 spiro atoms. The summed E-state index contributed by atoms with van der Waals surface area (Å²) < 4.78 is 0. The third-order valence-electron chi connectivity index (χ3n) is 3.97. The zero-order valence-electron chi connectivity index (χ0n) is 12.2. The SMILES string of the molecule is CCC(O)c1ccc(C2CN(C(C)C)CC[N]2)cc1. The van der Waals surface area contributed by atoms with Gasteiger partial charge in [0.2, 0.25) is 0 Å². The Morgan fingerprint density at radius 2 is 2.00 bits per heavy atom. The van der Waals surface area contributed by atoms with Crippen LogP contribution < -0.4 is 5.32 Å². The van der Waals surface area contributed by atoms with Crippen LogP contribution in [0.3, 0.4) is 0 Å². The number of aliphatic hydroxyl groups is 1. The van der Waals surface area contributed by atoms with E-state index in [1.807, 2.05) is 19.1 Å². The predicted molar refractivity (Wildman–Crippen MR) is 78.1 cm³/mol. The minimum atomic E-state index is -0.343. The second kappa shape index (κ2) is 6.51. The van der Waals surface area contributed by atoms with E-state index < -0.39 is 0 Å². The van der Waals surface area contributed by atoms with E-state index in [0.717, 1.165) is 31.6 Å². The first-order valence-corrected chi connectivity index (χ1v) is 7.30. The van der Waals surface area contributed by atoms with E-state index in [1.165, 1.54) is 5.56 Å². The van der Waals surface area contributed by atoms with E-state index in [-0.39, 0.29) is 12.1 Å². The quantitative estimate of drug-likeness (QED) is 0.904. The van der Waals surface area contributed by atoms with Gasteiger partial charge < -0.3 is 5.11 Å². The third-order valence-corrected chi connectivity index (χ3v) is 3.97. The number of aliphatic hydroxyl groups excluding tert-OH is 1. The molecule has 0 amide bonds. The molecular weight excluding hydrogens is 236 g/mol. The van der Waals surface area contributed by atoms with E-state index in [4.69, 9.17) is 5.32 Å². The molecular formula is C16H25N2O. The average Bonchev–Trinajstić information content (AvgIpc) is 2.46. The van der Waals surface area contributed by atoms with Crippen molar-refractivity contribution in [3.63, 3.8) is 0 Å². The maximum Gasteiger partial charge on any atom is 0.0787 e. The van der Waals surface area contributed by atoms with E-state index in [9.17, 15) is 5.11 Å². The largest absolute Gasteiger partial charge is 0.388 e. The van der Waals surface area contributed by atoms with Gasteiger partial charge in [0.25, 0.3) is 0 Å². The lowest BCUT2D eigenvalue weighted by atomic mass is 9.99. The molecule has 1 saturated heterocycles. The molecule has 0 aliphatic carbocycles. The van der Waals surface area contributed by atoms with Crippen LogP contribution in [0.2, 0.25) is 0 Å². The fourth-order valence-electron chi connectivity index (χ4n) is 2.57. The van der Waals surface area contributed by atoms with E-state index in [1.54, 1.807) is 0 Å². The molecule has 1 aromatic carbocycles. The Morgan fingerprint density at radius 3 is 2.58 bits per heavy atom. The molecule has 0 bridgehead atoms. The van der Waals surface area contributed by atoms with Gasteiger partial charge in [-0.25, -0.2) is 5.32 Å². The van der Waals surface area contributed by atoms with Crippen LogP contribution in [0.4, 0.5) is 0 Å². The summed E-state index contributed by atoms with van der Waals surface area (Å²) in [7, 11) is 0. The molecule has 0 saturated carbocycles. The van der Waals surface area contributed by atoms with Gasteiger partial charge in [0.1, 0.15) is 0 Å². The smallest absolute Gasteiger partial charge is 0.0787 e. The average molecular weight is 261 g/mol. The first-order chi connectivity index (χ1) is 9.11. The van der Waals surface area contributed by atoms with Gasteiger partial charge in [-0.2, -0.15) is 0 Å². The summed E-state index contributed by atoms with van der Waals surface area (Å²) in [6.07, 6.45) is 0.415. The summed E-state index contributed by atoms with van der Waals surface area (Å²) in [6, 6.07) is 9.17. The van der Waals surface area contributed by atoms with Crippen LogP contribution in [0.1, 0.15) is 50.5 Å². The number of hydrogen-bond acceptors (Lipinski definition) is 2. The minimum Gasteiger partial charge on any atom is -0.388 e. The molecule has 2 rings (SSSR count). The second-order valence-corrected chi connectivity index (χ2v) is 5.60. The molecule has 1 aliphatic heterocycles. The van der Waals surface area contributed by atoms with Crippen LogP contribution in [0.5, 0.6) is 0 Å². The summed E-state index contributed by atoms with van der Waals surface area (Å²) in [5.41, 5.74) is 2.26. The molecule has 1 aliphatic rings. The molecule has 19 heavy (non-hydrogen) atoms. The van der Waals surface area contributed by atoms with Gasteiger partial charge in [0, 0.05) is 25.7 Å². The Balaban J connectivity index is 2.05. The number of hydrogen-bond donors (Lipinski definition) is 1. The lowest BCUT2D eigenvalue weighted by Gasteiger charge is -2.35. The molecule has 105 valence electrons. The zero-order valence-corrected chi connectivity index (χ0v) is 12.2. The maximum atomic E-state index is 9.81. The van der Waals surface area contributed by atoms with Gasteiger partial charge in [0.05, 0.1) is 12.1 Å². The van der Waals surface area contributed by atoms with Crippen molar-refractivity contribution in [2.24, 2.45) is 0 Å². The highest BCUT2D eigenvalue weighted by Gasteiger charge is 2.23. The Kier molecular flexibility index (Phi) is 4.97. The lowest BCUT2D eigenvalue weighted by Crippen LogP contribution is -2.45. The van der Waals surface area contributed by atoms with Crippen molar-refractivity contribution in [2.45, 2.75) is 45.4 Å². The van der Waals surface area contributed by atoms with Gasteiger partial charge in [-0.05, 0) is 31.4 Å². The molecule has 1 N–H and O–H groups in total. The molecule has 3 nitrogen and oxygen atoms in total. The number of piperazine rings is 1. The monoisotopic (exact) mass is 261 g/mol. The van der Waals surface area contributed by atoms with E-state index in [2.05, 4.69) is 30.9 Å². The Hall–Kier alpha value is -0.900. The van der Waals surface area contributed by atoms with Crippen LogP contribution in [0, 0.1) is 0 Å². The Morgan fingerprint density at radius 1 is 1.32 bits per heavy atom. The predicted octanol–water partition coefficient (Wildman–Crippen LogP) is 2.50. The number of nitrogens with zero attached hydrogens (tertiary/aromatic N) is 2. The molecule has 1 heterocycles. The summed E-state index contributed by atoms with van der Waals surface area (Å²) >= 11 is 0. The van der Waals surface area contributed by atoms with Gasteiger partial charge in [-0.3, -0.25) is 4.90 Å². The summed E-state index contributed by atoms with van der Waals surface area (Å²) in [5, 5.41) is 14.5. The van der Waals surface area contributed by atoms with Crippen LogP contribution in [0.25, 0.3) is 0 Å². The first-order valence-electron chi connectivity index (χ1n) is 7.30. The molecule has 2 atom stereocenters. The molecule has 2 unspecified atom stereocenters. The van der Waals surface area contributed by atoms with Crippen molar-refractivity contribution in [3.8, 4) is 0 Å². The lowest BCUT2D eigenvalue weighted by molar-refractivity contribution is 0.159. The van der Waals surface area contributed by atoms with Gasteiger partial charge >= 0.3 is 0 Å². The highest BCUT2D eigenvalue weighted by atomic mass is 16.3. The summed E-state index contributed by atoms with van der Waals surface area (Å²) in [6.45, 7) is 9.47. The standard InChI is InChI=1S/C16H25N2O/c1-4-16(19)14-7-5-13(6-8-14)15-11-18(12(2)3)10-9-17-15/h5-8,12,15-16,19H,4,9-11H2,1-3H3. The zero-order chi connectivity index (χ0) is 13.8. The van der Waals surface area contributed by atoms with Crippen LogP contribution >= 0.6 is 0 Å². The maximum absolute atomic E-state index is 9.81. The molecule has 1 fully saturated rings. The van der Waals surface area contributed by atoms with Crippen molar-refractivity contribution in [3.05, 3.63) is 35.4 Å². The Labute approximate surface area is 116 Å². The normalized spacial score (nSPS) is 22.7. The highest BCUT2D eigenvalue weighted by molar-refractivity contribution is 5.27. The van der Waals surface area contributed by atoms with Gasteiger partial charge in [0.15, 0.2) is 0 Å². The molecule has 1 aromatic rings. The van der Waals surface area contributed by atoms with Gasteiger partial charge in [-0.1, -0.05) is 31.2 Å². The summed E-state index contributed by atoms with van der Waals surface area (Å²) in [4.78, 5) is 2.48. The summed E-state index contributed by atoms with van der Waals surface area (Å²) in [5.74, 6) is 0. The van der Waals surface area contributed by atoms with Crippen molar-refractivity contribution in [1.29, 1.82) is 0 Å². The fourth-order valence-corrected chi connectivity index (χ4v) is 2.57. The van der Waals surface area contributed by atoms with Crippen molar-refractivity contribution in [1.82, 2.24) is 10.2 Å². The Bertz CT molecular complexity index is 388. The second-order valence-electron chi connectivity index (χ2n) is 5.60. The van der Waals surface area contributed by atoms with E-state index >= 15 is 0 Å². The van der Waals surface area contributed by atoms with Gasteiger partial charge in [-0.15, -0.1) is 0 Å². The van der Waals surface area contributed by atoms with Crippen LogP contribution in [0.15, 0.2) is 24.3 Å².